The summed E-state index contributed by atoms with van der Waals surface area (Å²) in [4.78, 5) is 23.0. The average molecular weight is 386 g/mol. The van der Waals surface area contributed by atoms with E-state index >= 15 is 0 Å². The quantitative estimate of drug-likeness (QED) is 0.694. The van der Waals surface area contributed by atoms with Gasteiger partial charge in [0.15, 0.2) is 0 Å². The number of carbonyl (C=O) groups is 1. The predicted octanol–water partition coefficient (Wildman–Crippen LogP) is 4.09. The van der Waals surface area contributed by atoms with Gasteiger partial charge in [-0.15, -0.1) is 22.7 Å². The van der Waals surface area contributed by atoms with Crippen LogP contribution in [-0.2, 0) is 11.2 Å². The molecule has 1 fully saturated rings. The number of pyridine rings is 1. The number of hydrogen-bond acceptors (Lipinski definition) is 6. The summed E-state index contributed by atoms with van der Waals surface area (Å²) >= 11 is 3.13. The molecule has 1 aliphatic heterocycles. The standard InChI is InChI=1S/C19H19N3O2S2/c23-18(17-6-5-16(26-17)15-4-2-10-24-15)21-9-7-14-12-25-19(22-14)13-3-1-8-20-11-13/h1,3,5-6,8,11-12,15H,2,4,7,9-10H2,(H,21,23)/t15-/m0/s1. The number of aromatic nitrogens is 2. The van der Waals surface area contributed by atoms with Crippen molar-refractivity contribution >= 4 is 28.6 Å². The number of rotatable bonds is 6. The molecule has 7 heteroatoms. The molecule has 4 rings (SSSR count). The van der Waals surface area contributed by atoms with Gasteiger partial charge in [0.25, 0.3) is 5.91 Å². The summed E-state index contributed by atoms with van der Waals surface area (Å²) in [6.45, 7) is 1.39. The maximum atomic E-state index is 12.3. The van der Waals surface area contributed by atoms with E-state index in [1.165, 1.54) is 11.3 Å². The Bertz CT molecular complexity index is 870. The molecule has 1 amide bonds. The van der Waals surface area contributed by atoms with Gasteiger partial charge < -0.3 is 10.1 Å². The average Bonchev–Trinajstić information content (AvgIpc) is 3.42. The van der Waals surface area contributed by atoms with Gasteiger partial charge in [0.2, 0.25) is 0 Å². The van der Waals surface area contributed by atoms with Crippen molar-refractivity contribution in [1.29, 1.82) is 0 Å². The summed E-state index contributed by atoms with van der Waals surface area (Å²) in [7, 11) is 0. The molecule has 0 unspecified atom stereocenters. The minimum atomic E-state index is -0.0260. The van der Waals surface area contributed by atoms with E-state index in [2.05, 4.69) is 15.3 Å². The highest BCUT2D eigenvalue weighted by Gasteiger charge is 2.20. The van der Waals surface area contributed by atoms with E-state index < -0.39 is 0 Å². The summed E-state index contributed by atoms with van der Waals surface area (Å²) in [5.41, 5.74) is 2.01. The van der Waals surface area contributed by atoms with Gasteiger partial charge in [0.1, 0.15) is 5.01 Å². The molecule has 3 aromatic rings. The third-order valence-electron chi connectivity index (χ3n) is 4.22. The van der Waals surface area contributed by atoms with Crippen LogP contribution in [0.15, 0.2) is 42.0 Å². The third-order valence-corrected chi connectivity index (χ3v) is 6.34. The molecule has 3 aromatic heterocycles. The van der Waals surface area contributed by atoms with Crippen LogP contribution in [0.1, 0.15) is 39.2 Å². The number of ether oxygens (including phenoxy) is 1. The minimum Gasteiger partial charge on any atom is -0.373 e. The van der Waals surface area contributed by atoms with Crippen molar-refractivity contribution < 1.29 is 9.53 Å². The van der Waals surface area contributed by atoms with Gasteiger partial charge in [-0.3, -0.25) is 9.78 Å². The molecule has 1 atom stereocenters. The van der Waals surface area contributed by atoms with Gasteiger partial charge in [-0.05, 0) is 37.1 Å². The molecule has 0 aromatic carbocycles. The van der Waals surface area contributed by atoms with Crippen LogP contribution in [0, 0.1) is 0 Å². The van der Waals surface area contributed by atoms with Gasteiger partial charge in [-0.25, -0.2) is 4.98 Å². The Kier molecular flexibility index (Phi) is 5.38. The zero-order valence-corrected chi connectivity index (χ0v) is 15.8. The summed E-state index contributed by atoms with van der Waals surface area (Å²) < 4.78 is 5.68. The van der Waals surface area contributed by atoms with Crippen molar-refractivity contribution in [2.45, 2.75) is 25.4 Å². The Labute approximate surface area is 160 Å². The smallest absolute Gasteiger partial charge is 0.261 e. The first-order chi connectivity index (χ1) is 12.8. The monoisotopic (exact) mass is 385 g/mol. The van der Waals surface area contributed by atoms with E-state index in [0.717, 1.165) is 45.5 Å². The van der Waals surface area contributed by atoms with Crippen molar-refractivity contribution in [3.05, 3.63) is 57.5 Å². The van der Waals surface area contributed by atoms with Crippen LogP contribution in [0.5, 0.6) is 0 Å². The van der Waals surface area contributed by atoms with E-state index in [1.54, 1.807) is 17.5 Å². The first kappa shape index (κ1) is 17.3. The topological polar surface area (TPSA) is 64.1 Å². The molecule has 0 aliphatic carbocycles. The van der Waals surface area contributed by atoms with Crippen LogP contribution in [0.3, 0.4) is 0 Å². The number of nitrogens with zero attached hydrogens (tertiary/aromatic N) is 2. The largest absolute Gasteiger partial charge is 0.373 e. The molecule has 1 N–H and O–H groups in total. The van der Waals surface area contributed by atoms with Gasteiger partial charge in [0, 0.05) is 47.8 Å². The van der Waals surface area contributed by atoms with Gasteiger partial charge >= 0.3 is 0 Å². The number of nitrogens with one attached hydrogen (secondary N) is 1. The minimum absolute atomic E-state index is 0.0260. The molecule has 5 nitrogen and oxygen atoms in total. The highest BCUT2D eigenvalue weighted by Crippen LogP contribution is 2.33. The molecule has 0 bridgehead atoms. The molecule has 134 valence electrons. The van der Waals surface area contributed by atoms with E-state index in [0.29, 0.717) is 13.0 Å². The van der Waals surface area contributed by atoms with Crippen molar-refractivity contribution in [2.24, 2.45) is 0 Å². The molecule has 4 heterocycles. The Balaban J connectivity index is 1.29. The van der Waals surface area contributed by atoms with Crippen LogP contribution < -0.4 is 5.32 Å². The maximum Gasteiger partial charge on any atom is 0.261 e. The fourth-order valence-corrected chi connectivity index (χ4v) is 4.74. The van der Waals surface area contributed by atoms with Crippen molar-refractivity contribution in [2.75, 3.05) is 13.2 Å². The normalized spacial score (nSPS) is 16.7. The second-order valence-electron chi connectivity index (χ2n) is 6.10. The SMILES string of the molecule is O=C(NCCc1csc(-c2cccnc2)n1)c1ccc([C@@H]2CCCO2)s1. The molecule has 0 saturated carbocycles. The van der Waals surface area contributed by atoms with Crippen LogP contribution in [0.25, 0.3) is 10.6 Å². The lowest BCUT2D eigenvalue weighted by molar-refractivity contribution is 0.0958. The lowest BCUT2D eigenvalue weighted by Crippen LogP contribution is -2.24. The highest BCUT2D eigenvalue weighted by molar-refractivity contribution is 7.14. The Hall–Kier alpha value is -2.09. The van der Waals surface area contributed by atoms with Crippen LogP contribution in [0.2, 0.25) is 0 Å². The van der Waals surface area contributed by atoms with Gasteiger partial charge in [0.05, 0.1) is 16.7 Å². The van der Waals surface area contributed by atoms with Crippen molar-refractivity contribution in [1.82, 2.24) is 15.3 Å². The molecule has 0 spiro atoms. The Morgan fingerprint density at radius 1 is 1.35 bits per heavy atom. The van der Waals surface area contributed by atoms with E-state index in [4.69, 9.17) is 4.74 Å². The Morgan fingerprint density at radius 3 is 3.12 bits per heavy atom. The molecular weight excluding hydrogens is 366 g/mol. The van der Waals surface area contributed by atoms with Crippen LogP contribution in [-0.4, -0.2) is 29.0 Å². The van der Waals surface area contributed by atoms with Crippen molar-refractivity contribution in [3.63, 3.8) is 0 Å². The molecule has 26 heavy (non-hydrogen) atoms. The summed E-state index contributed by atoms with van der Waals surface area (Å²) in [6, 6.07) is 7.80. The summed E-state index contributed by atoms with van der Waals surface area (Å²) in [5.74, 6) is -0.0260. The van der Waals surface area contributed by atoms with E-state index in [9.17, 15) is 4.79 Å². The first-order valence-corrected chi connectivity index (χ1v) is 10.3. The summed E-state index contributed by atoms with van der Waals surface area (Å²) in [6.07, 6.45) is 6.59. The van der Waals surface area contributed by atoms with Crippen LogP contribution >= 0.6 is 22.7 Å². The third kappa shape index (κ3) is 4.00. The maximum absolute atomic E-state index is 12.3. The number of thiazole rings is 1. The fraction of sp³-hybridized carbons (Fsp3) is 0.316. The number of hydrogen-bond donors (Lipinski definition) is 1. The van der Waals surface area contributed by atoms with Gasteiger partial charge in [-0.2, -0.15) is 0 Å². The fourth-order valence-electron chi connectivity index (χ4n) is 2.88. The lowest BCUT2D eigenvalue weighted by atomic mass is 10.2. The second-order valence-corrected chi connectivity index (χ2v) is 8.07. The lowest BCUT2D eigenvalue weighted by Gasteiger charge is -2.05. The van der Waals surface area contributed by atoms with E-state index in [1.807, 2.05) is 35.8 Å². The zero-order chi connectivity index (χ0) is 17.8. The molecule has 1 aliphatic rings. The molecule has 0 radical (unpaired) electrons. The summed E-state index contributed by atoms with van der Waals surface area (Å²) in [5, 5.41) is 5.98. The predicted molar refractivity (Wildman–Crippen MR) is 104 cm³/mol. The highest BCUT2D eigenvalue weighted by atomic mass is 32.1. The second kappa shape index (κ2) is 8.07. The number of carbonyl (C=O) groups excluding carboxylic acids is 1. The first-order valence-electron chi connectivity index (χ1n) is 8.64. The zero-order valence-electron chi connectivity index (χ0n) is 14.2. The Morgan fingerprint density at radius 2 is 2.31 bits per heavy atom. The van der Waals surface area contributed by atoms with Gasteiger partial charge in [-0.1, -0.05) is 0 Å². The van der Waals surface area contributed by atoms with Crippen LogP contribution in [0.4, 0.5) is 0 Å². The van der Waals surface area contributed by atoms with Crippen molar-refractivity contribution in [3.8, 4) is 10.6 Å². The number of amides is 1. The molecular formula is C19H19N3O2S2. The van der Waals surface area contributed by atoms with E-state index in [-0.39, 0.29) is 12.0 Å². The number of thiophene rings is 1. The molecule has 1 saturated heterocycles.